The molecule has 0 aliphatic heterocycles. The largest absolute Gasteiger partial charge is 0.322 e. The van der Waals surface area contributed by atoms with E-state index in [0.29, 0.717) is 18.4 Å². The third-order valence-electron chi connectivity index (χ3n) is 4.42. The monoisotopic (exact) mass is 519 g/mol. The fraction of sp³-hybridized carbons (Fsp3) is 0.300. The van der Waals surface area contributed by atoms with Crippen LogP contribution in [0.25, 0.3) is 0 Å². The predicted molar refractivity (Wildman–Crippen MR) is 111 cm³/mol. The first-order chi connectivity index (χ1) is 13.3. The van der Waals surface area contributed by atoms with Crippen LogP contribution in [0.3, 0.4) is 0 Å². The van der Waals surface area contributed by atoms with Crippen molar-refractivity contribution in [2.45, 2.75) is 42.2 Å². The lowest BCUT2D eigenvalue weighted by Crippen LogP contribution is -2.13. The Kier molecular flexibility index (Phi) is 7.03. The molecule has 0 heterocycles. The zero-order chi connectivity index (χ0) is 20.3. The van der Waals surface area contributed by atoms with Crippen LogP contribution in [0, 0.1) is 21.0 Å². The van der Waals surface area contributed by atoms with Gasteiger partial charge in [0.15, 0.2) is 17.5 Å². The van der Waals surface area contributed by atoms with Crippen LogP contribution in [0.1, 0.15) is 42.5 Å². The van der Waals surface area contributed by atoms with Crippen molar-refractivity contribution in [2.24, 2.45) is 0 Å². The Bertz CT molecular complexity index is 899. The van der Waals surface area contributed by atoms with E-state index in [2.05, 4.69) is 27.9 Å². The maximum atomic E-state index is 13.3. The van der Waals surface area contributed by atoms with Gasteiger partial charge in [0, 0.05) is 49.9 Å². The number of thioether (sulfide) groups is 1. The Morgan fingerprint density at radius 1 is 1.11 bits per heavy atom. The first-order valence-electron chi connectivity index (χ1n) is 8.77. The first kappa shape index (κ1) is 21.2. The van der Waals surface area contributed by atoms with E-state index in [1.165, 1.54) is 0 Å². The van der Waals surface area contributed by atoms with Gasteiger partial charge < -0.3 is 5.32 Å². The molecule has 8 heteroatoms. The molecule has 3 nitrogen and oxygen atoms in total. The fourth-order valence-corrected chi connectivity index (χ4v) is 5.00. The molecule has 2 aromatic rings. The molecule has 0 bridgehead atoms. The fourth-order valence-electron chi connectivity index (χ4n) is 3.00. The molecule has 2 aromatic carbocycles. The van der Waals surface area contributed by atoms with E-state index < -0.39 is 23.4 Å². The highest BCUT2D eigenvalue weighted by molar-refractivity contribution is 14.1. The van der Waals surface area contributed by atoms with Gasteiger partial charge >= 0.3 is 0 Å². The summed E-state index contributed by atoms with van der Waals surface area (Å²) < 4.78 is 40.7. The summed E-state index contributed by atoms with van der Waals surface area (Å²) in [5.74, 6) is -4.61. The average Bonchev–Trinajstić information content (AvgIpc) is 2.85. The minimum Gasteiger partial charge on any atom is -0.322 e. The Labute approximate surface area is 178 Å². The van der Waals surface area contributed by atoms with Gasteiger partial charge in [0.05, 0.1) is 0 Å². The SMILES string of the molecule is O=C1CCCCC(Sc2cc(C(=O)Nc3cc(F)c(F)c(F)c3)ccc2I)C1. The zero-order valence-corrected chi connectivity index (χ0v) is 17.7. The molecule has 1 fully saturated rings. The number of nitrogens with one attached hydrogen (secondary N) is 1. The van der Waals surface area contributed by atoms with Crippen LogP contribution in [0.15, 0.2) is 35.2 Å². The van der Waals surface area contributed by atoms with Gasteiger partial charge in [-0.15, -0.1) is 11.8 Å². The summed E-state index contributed by atoms with van der Waals surface area (Å²) in [5.41, 5.74) is 0.150. The maximum absolute atomic E-state index is 13.3. The quantitative estimate of drug-likeness (QED) is 0.309. The van der Waals surface area contributed by atoms with Crippen molar-refractivity contribution in [3.63, 3.8) is 0 Å². The molecule has 1 aliphatic rings. The molecule has 3 rings (SSSR count). The molecule has 1 aliphatic carbocycles. The molecular weight excluding hydrogens is 502 g/mol. The van der Waals surface area contributed by atoms with Crippen molar-refractivity contribution in [1.82, 2.24) is 0 Å². The van der Waals surface area contributed by atoms with Crippen LogP contribution < -0.4 is 5.32 Å². The normalized spacial score (nSPS) is 17.3. The lowest BCUT2D eigenvalue weighted by molar-refractivity contribution is -0.118. The van der Waals surface area contributed by atoms with Gasteiger partial charge in [0.25, 0.3) is 5.91 Å². The molecular formula is C20H17F3INO2S. The van der Waals surface area contributed by atoms with Crippen molar-refractivity contribution < 1.29 is 22.8 Å². The number of halogens is 4. The number of carbonyl (C=O) groups excluding carboxylic acids is 2. The molecule has 0 radical (unpaired) electrons. The molecule has 0 aromatic heterocycles. The van der Waals surface area contributed by atoms with Crippen molar-refractivity contribution >= 4 is 51.7 Å². The number of amides is 1. The zero-order valence-electron chi connectivity index (χ0n) is 14.7. The minimum absolute atomic E-state index is 0.163. The number of carbonyl (C=O) groups is 2. The standard InChI is InChI=1S/C20H17F3INO2S/c21-15-8-12(9-16(22)19(15)23)25-20(27)11-5-6-17(24)18(7-11)28-14-4-2-1-3-13(26)10-14/h5-9,14H,1-4,10H2,(H,25,27). The minimum atomic E-state index is -1.58. The lowest BCUT2D eigenvalue weighted by Gasteiger charge is -2.15. The third-order valence-corrected chi connectivity index (χ3v) is 7.05. The van der Waals surface area contributed by atoms with Gasteiger partial charge in [-0.1, -0.05) is 6.42 Å². The summed E-state index contributed by atoms with van der Waals surface area (Å²) in [4.78, 5) is 25.2. The van der Waals surface area contributed by atoms with E-state index >= 15 is 0 Å². The number of ketones is 1. The summed E-state index contributed by atoms with van der Waals surface area (Å²) in [6.45, 7) is 0. The number of rotatable bonds is 4. The molecule has 28 heavy (non-hydrogen) atoms. The van der Waals surface area contributed by atoms with Crippen LogP contribution >= 0.6 is 34.4 Å². The average molecular weight is 519 g/mol. The van der Waals surface area contributed by atoms with Crippen molar-refractivity contribution in [3.8, 4) is 0 Å². The number of anilines is 1. The van der Waals surface area contributed by atoms with Crippen LogP contribution in [-0.2, 0) is 4.79 Å². The summed E-state index contributed by atoms with van der Waals surface area (Å²) in [7, 11) is 0. The molecule has 148 valence electrons. The van der Waals surface area contributed by atoms with Gasteiger partial charge in [-0.25, -0.2) is 13.2 Å². The second-order valence-electron chi connectivity index (χ2n) is 6.58. The lowest BCUT2D eigenvalue weighted by atomic mass is 10.2. The molecule has 0 saturated heterocycles. The topological polar surface area (TPSA) is 46.2 Å². The van der Waals surface area contributed by atoms with E-state index in [9.17, 15) is 22.8 Å². The van der Waals surface area contributed by atoms with Crippen molar-refractivity contribution in [2.75, 3.05) is 5.32 Å². The molecule has 1 N–H and O–H groups in total. The Hall–Kier alpha value is -1.55. The Balaban J connectivity index is 1.76. The molecule has 1 atom stereocenters. The number of hydrogen-bond donors (Lipinski definition) is 1. The van der Waals surface area contributed by atoms with Crippen molar-refractivity contribution in [1.29, 1.82) is 0 Å². The van der Waals surface area contributed by atoms with Crippen LogP contribution in [-0.4, -0.2) is 16.9 Å². The smallest absolute Gasteiger partial charge is 0.255 e. The summed E-state index contributed by atoms with van der Waals surface area (Å²) in [5, 5.41) is 2.55. The maximum Gasteiger partial charge on any atom is 0.255 e. The van der Waals surface area contributed by atoms with E-state index in [0.717, 1.165) is 39.9 Å². The van der Waals surface area contributed by atoms with Gasteiger partial charge in [-0.05, 0) is 53.6 Å². The molecule has 1 unspecified atom stereocenters. The van der Waals surface area contributed by atoms with Crippen LogP contribution in [0.2, 0.25) is 0 Å². The van der Waals surface area contributed by atoms with E-state index in [-0.39, 0.29) is 16.7 Å². The second kappa shape index (κ2) is 9.30. The van der Waals surface area contributed by atoms with E-state index in [1.54, 1.807) is 30.0 Å². The third kappa shape index (κ3) is 5.28. The molecule has 1 saturated carbocycles. The van der Waals surface area contributed by atoms with E-state index in [1.807, 2.05) is 0 Å². The highest BCUT2D eigenvalue weighted by Gasteiger charge is 2.20. The first-order valence-corrected chi connectivity index (χ1v) is 10.7. The van der Waals surface area contributed by atoms with E-state index in [4.69, 9.17) is 0 Å². The second-order valence-corrected chi connectivity index (χ2v) is 9.09. The van der Waals surface area contributed by atoms with Crippen LogP contribution in [0.5, 0.6) is 0 Å². The summed E-state index contributed by atoms with van der Waals surface area (Å²) in [6.07, 6.45) is 4.01. The summed E-state index contributed by atoms with van der Waals surface area (Å²) >= 11 is 3.74. The summed E-state index contributed by atoms with van der Waals surface area (Å²) in [6, 6.07) is 6.55. The van der Waals surface area contributed by atoms with Gasteiger partial charge in [-0.3, -0.25) is 9.59 Å². The van der Waals surface area contributed by atoms with Gasteiger partial charge in [0.1, 0.15) is 5.78 Å². The van der Waals surface area contributed by atoms with Gasteiger partial charge in [0.2, 0.25) is 0 Å². The highest BCUT2D eigenvalue weighted by atomic mass is 127. The highest BCUT2D eigenvalue weighted by Crippen LogP contribution is 2.35. The number of Topliss-reactive ketones (excluding diaryl/α,β-unsaturated/α-hetero) is 1. The molecule has 0 spiro atoms. The number of hydrogen-bond acceptors (Lipinski definition) is 3. The van der Waals surface area contributed by atoms with Gasteiger partial charge in [-0.2, -0.15) is 0 Å². The Morgan fingerprint density at radius 2 is 1.82 bits per heavy atom. The Morgan fingerprint density at radius 3 is 2.54 bits per heavy atom. The van der Waals surface area contributed by atoms with Crippen LogP contribution in [0.4, 0.5) is 18.9 Å². The predicted octanol–water partition coefficient (Wildman–Crippen LogP) is 5.95. The van der Waals surface area contributed by atoms with Crippen molar-refractivity contribution in [3.05, 3.63) is 56.9 Å². The number of benzene rings is 2. The molecule has 1 amide bonds.